The van der Waals surface area contributed by atoms with Gasteiger partial charge < -0.3 is 5.73 Å². The molecule has 0 spiro atoms. The lowest BCUT2D eigenvalue weighted by Crippen LogP contribution is -2.18. The highest BCUT2D eigenvalue weighted by atomic mass is 32.2. The van der Waals surface area contributed by atoms with Gasteiger partial charge in [-0.2, -0.15) is 0 Å². The van der Waals surface area contributed by atoms with Gasteiger partial charge in [-0.05, 0) is 50.1 Å². The molecule has 0 saturated heterocycles. The zero-order valence-electron chi connectivity index (χ0n) is 11.5. The fraction of sp³-hybridized carbons (Fsp3) is 0.250. The zero-order chi connectivity index (χ0) is 14.7. The van der Waals surface area contributed by atoms with E-state index in [9.17, 15) is 8.78 Å². The van der Waals surface area contributed by atoms with Crippen LogP contribution in [0.4, 0.5) is 8.78 Å². The van der Waals surface area contributed by atoms with Crippen LogP contribution in [0.1, 0.15) is 18.1 Å². The Bertz CT molecular complexity index is 611. The van der Waals surface area contributed by atoms with Crippen molar-refractivity contribution in [1.82, 2.24) is 0 Å². The summed E-state index contributed by atoms with van der Waals surface area (Å²) in [6, 6.07) is 10.1. The quantitative estimate of drug-likeness (QED) is 0.909. The van der Waals surface area contributed by atoms with Gasteiger partial charge in [0.05, 0.1) is 0 Å². The van der Waals surface area contributed by atoms with Crippen LogP contribution in [-0.4, -0.2) is 6.04 Å². The predicted octanol–water partition coefficient (Wildman–Crippen LogP) is 4.31. The number of aryl methyl sites for hydroxylation is 1. The molecule has 0 aliphatic carbocycles. The monoisotopic (exact) mass is 293 g/mol. The molecule has 1 nitrogen and oxygen atoms in total. The summed E-state index contributed by atoms with van der Waals surface area (Å²) < 4.78 is 26.2. The summed E-state index contributed by atoms with van der Waals surface area (Å²) in [5.74, 6) is -1.65. The Morgan fingerprint density at radius 3 is 2.50 bits per heavy atom. The molecule has 0 saturated carbocycles. The summed E-state index contributed by atoms with van der Waals surface area (Å²) in [5.41, 5.74) is 8.16. The fourth-order valence-electron chi connectivity index (χ4n) is 1.98. The average molecular weight is 293 g/mol. The van der Waals surface area contributed by atoms with Crippen molar-refractivity contribution in [2.45, 2.75) is 36.1 Å². The first kappa shape index (κ1) is 15.0. The van der Waals surface area contributed by atoms with Crippen LogP contribution >= 0.6 is 11.8 Å². The van der Waals surface area contributed by atoms with E-state index in [-0.39, 0.29) is 6.04 Å². The molecule has 0 amide bonds. The van der Waals surface area contributed by atoms with Crippen LogP contribution in [0.15, 0.2) is 46.2 Å². The van der Waals surface area contributed by atoms with Crippen LogP contribution in [0.3, 0.4) is 0 Å². The molecule has 1 unspecified atom stereocenters. The summed E-state index contributed by atoms with van der Waals surface area (Å²) in [6.07, 6.45) is 0.758. The highest BCUT2D eigenvalue weighted by molar-refractivity contribution is 7.99. The van der Waals surface area contributed by atoms with E-state index < -0.39 is 11.6 Å². The van der Waals surface area contributed by atoms with E-state index in [1.165, 1.54) is 17.8 Å². The molecule has 106 valence electrons. The first-order valence-electron chi connectivity index (χ1n) is 6.43. The SMILES string of the molecule is Cc1ccc(Sc2ccc(F)c(F)c2)c(CC(C)N)c1. The number of rotatable bonds is 4. The van der Waals surface area contributed by atoms with Crippen LogP contribution < -0.4 is 5.73 Å². The highest BCUT2D eigenvalue weighted by Crippen LogP contribution is 2.32. The van der Waals surface area contributed by atoms with Crippen molar-refractivity contribution in [2.75, 3.05) is 0 Å². The van der Waals surface area contributed by atoms with Crippen LogP contribution in [-0.2, 0) is 6.42 Å². The number of hydrogen-bond donors (Lipinski definition) is 1. The van der Waals surface area contributed by atoms with E-state index >= 15 is 0 Å². The Morgan fingerprint density at radius 1 is 1.10 bits per heavy atom. The first-order valence-corrected chi connectivity index (χ1v) is 7.25. The minimum absolute atomic E-state index is 0.0566. The lowest BCUT2D eigenvalue weighted by molar-refractivity contribution is 0.506. The van der Waals surface area contributed by atoms with Gasteiger partial charge >= 0.3 is 0 Å². The second-order valence-corrected chi connectivity index (χ2v) is 6.09. The van der Waals surface area contributed by atoms with Crippen LogP contribution in [0.2, 0.25) is 0 Å². The maximum absolute atomic E-state index is 13.2. The third-order valence-electron chi connectivity index (χ3n) is 2.88. The first-order chi connectivity index (χ1) is 9.45. The largest absolute Gasteiger partial charge is 0.328 e. The van der Waals surface area contributed by atoms with E-state index in [2.05, 4.69) is 6.07 Å². The van der Waals surface area contributed by atoms with E-state index in [4.69, 9.17) is 5.73 Å². The number of halogens is 2. The van der Waals surface area contributed by atoms with Gasteiger partial charge in [0.15, 0.2) is 11.6 Å². The molecule has 20 heavy (non-hydrogen) atoms. The van der Waals surface area contributed by atoms with Crippen LogP contribution in [0.25, 0.3) is 0 Å². The summed E-state index contributed by atoms with van der Waals surface area (Å²) in [6.45, 7) is 3.98. The van der Waals surface area contributed by atoms with Gasteiger partial charge in [-0.25, -0.2) is 8.78 Å². The summed E-state index contributed by atoms with van der Waals surface area (Å²) >= 11 is 1.43. The Labute approximate surface area is 122 Å². The molecule has 2 N–H and O–H groups in total. The molecule has 2 aromatic carbocycles. The fourth-order valence-corrected chi connectivity index (χ4v) is 2.94. The highest BCUT2D eigenvalue weighted by Gasteiger charge is 2.09. The Kier molecular flexibility index (Phi) is 4.78. The van der Waals surface area contributed by atoms with E-state index in [1.807, 2.05) is 26.0 Å². The Hall–Kier alpha value is -1.39. The molecule has 0 bridgehead atoms. The normalized spacial score (nSPS) is 12.4. The van der Waals surface area contributed by atoms with Crippen LogP contribution in [0, 0.1) is 18.6 Å². The van der Waals surface area contributed by atoms with E-state index in [0.717, 1.165) is 28.5 Å². The smallest absolute Gasteiger partial charge is 0.159 e. The molecule has 0 aromatic heterocycles. The van der Waals surface area contributed by atoms with Gasteiger partial charge in [0.2, 0.25) is 0 Å². The second-order valence-electron chi connectivity index (χ2n) is 4.97. The molecule has 0 radical (unpaired) electrons. The second kappa shape index (κ2) is 6.37. The molecular weight excluding hydrogens is 276 g/mol. The van der Waals surface area contributed by atoms with Gasteiger partial charge in [0.25, 0.3) is 0 Å². The Morgan fingerprint density at radius 2 is 1.85 bits per heavy atom. The van der Waals surface area contributed by atoms with Crippen molar-refractivity contribution < 1.29 is 8.78 Å². The standard InChI is InChI=1S/C16H17F2NS/c1-10-3-6-16(12(7-10)8-11(2)19)20-13-4-5-14(17)15(18)9-13/h3-7,9,11H,8,19H2,1-2H3. The van der Waals surface area contributed by atoms with Crippen molar-refractivity contribution in [1.29, 1.82) is 0 Å². The molecule has 2 aromatic rings. The third-order valence-corrected chi connectivity index (χ3v) is 3.98. The number of benzene rings is 2. The van der Waals surface area contributed by atoms with Gasteiger partial charge in [-0.3, -0.25) is 0 Å². The van der Waals surface area contributed by atoms with E-state index in [0.29, 0.717) is 4.90 Å². The third kappa shape index (κ3) is 3.81. The maximum Gasteiger partial charge on any atom is 0.159 e. The Balaban J connectivity index is 2.30. The molecule has 0 aliphatic rings. The molecule has 4 heteroatoms. The molecule has 1 atom stereocenters. The summed E-state index contributed by atoms with van der Waals surface area (Å²) in [4.78, 5) is 1.71. The number of nitrogens with two attached hydrogens (primary N) is 1. The van der Waals surface area contributed by atoms with Crippen molar-refractivity contribution in [3.05, 3.63) is 59.2 Å². The lowest BCUT2D eigenvalue weighted by atomic mass is 10.1. The molecule has 0 aliphatic heterocycles. The summed E-state index contributed by atoms with van der Waals surface area (Å²) in [7, 11) is 0. The van der Waals surface area contributed by atoms with Gasteiger partial charge in [0, 0.05) is 15.8 Å². The lowest BCUT2D eigenvalue weighted by Gasteiger charge is -2.12. The summed E-state index contributed by atoms with van der Waals surface area (Å²) in [5, 5.41) is 0. The minimum Gasteiger partial charge on any atom is -0.328 e. The topological polar surface area (TPSA) is 26.0 Å². The molecule has 2 rings (SSSR count). The molecular formula is C16H17F2NS. The average Bonchev–Trinajstić information content (AvgIpc) is 2.36. The van der Waals surface area contributed by atoms with Gasteiger partial charge in [-0.1, -0.05) is 29.5 Å². The minimum atomic E-state index is -0.825. The van der Waals surface area contributed by atoms with Crippen molar-refractivity contribution in [2.24, 2.45) is 5.73 Å². The van der Waals surface area contributed by atoms with Crippen LogP contribution in [0.5, 0.6) is 0 Å². The van der Waals surface area contributed by atoms with Crippen molar-refractivity contribution in [3.63, 3.8) is 0 Å². The maximum atomic E-state index is 13.2. The predicted molar refractivity (Wildman–Crippen MR) is 79.0 cm³/mol. The molecule has 0 fully saturated rings. The van der Waals surface area contributed by atoms with Gasteiger partial charge in [-0.15, -0.1) is 0 Å². The van der Waals surface area contributed by atoms with E-state index in [1.54, 1.807) is 6.07 Å². The number of hydrogen-bond acceptors (Lipinski definition) is 2. The van der Waals surface area contributed by atoms with Gasteiger partial charge in [0.1, 0.15) is 0 Å². The van der Waals surface area contributed by atoms with Crippen molar-refractivity contribution >= 4 is 11.8 Å². The molecule has 0 heterocycles. The van der Waals surface area contributed by atoms with Crippen molar-refractivity contribution in [3.8, 4) is 0 Å². The zero-order valence-corrected chi connectivity index (χ0v) is 12.3.